The molecule has 0 radical (unpaired) electrons. The largest absolute Gasteiger partial charge is 0.396 e. The lowest BCUT2D eigenvalue weighted by Crippen LogP contribution is -2.38. The Balaban J connectivity index is 1.48. The molecule has 4 rings (SSSR count). The van der Waals surface area contributed by atoms with Crippen LogP contribution in [0.2, 0.25) is 0 Å². The van der Waals surface area contributed by atoms with Crippen LogP contribution >= 0.6 is 0 Å². The number of ether oxygens (including phenoxy) is 1. The smallest absolute Gasteiger partial charge is 0.251 e. The van der Waals surface area contributed by atoms with Crippen LogP contribution in [-0.4, -0.2) is 40.5 Å². The highest BCUT2D eigenvalue weighted by molar-refractivity contribution is 5.94. The highest BCUT2D eigenvalue weighted by atomic mass is 16.6. The number of carbonyl (C=O) groups is 1. The number of aromatic nitrogens is 3. The van der Waals surface area contributed by atoms with Crippen molar-refractivity contribution in [2.75, 3.05) is 18.9 Å². The van der Waals surface area contributed by atoms with Crippen molar-refractivity contribution < 1.29 is 14.2 Å². The number of hydrogen-bond donors (Lipinski definition) is 2. The number of hydrogen-bond acceptors (Lipinski definition) is 7. The lowest BCUT2D eigenvalue weighted by Gasteiger charge is -2.23. The summed E-state index contributed by atoms with van der Waals surface area (Å²) in [6.07, 6.45) is 2.30. The van der Waals surface area contributed by atoms with Gasteiger partial charge >= 0.3 is 0 Å². The summed E-state index contributed by atoms with van der Waals surface area (Å²) < 4.78 is 10.0. The second-order valence-electron chi connectivity index (χ2n) is 6.76. The number of benzene rings is 1. The highest BCUT2D eigenvalue weighted by Gasteiger charge is 2.18. The van der Waals surface area contributed by atoms with Crippen LogP contribution < -0.4 is 11.1 Å². The summed E-state index contributed by atoms with van der Waals surface area (Å²) in [4.78, 5) is 16.8. The van der Waals surface area contributed by atoms with Gasteiger partial charge in [-0.25, -0.2) is 9.61 Å². The zero-order chi connectivity index (χ0) is 18.8. The molecule has 0 bridgehead atoms. The number of nitrogens with two attached hydrogens (primary N) is 1. The van der Waals surface area contributed by atoms with Gasteiger partial charge in [0.2, 0.25) is 5.65 Å². The van der Waals surface area contributed by atoms with Crippen LogP contribution in [0.5, 0.6) is 0 Å². The van der Waals surface area contributed by atoms with E-state index in [0.717, 1.165) is 29.7 Å². The molecule has 1 aliphatic heterocycles. The van der Waals surface area contributed by atoms with E-state index in [-0.39, 0.29) is 11.9 Å². The molecule has 2 aromatic heterocycles. The van der Waals surface area contributed by atoms with Crippen LogP contribution in [0.25, 0.3) is 11.2 Å². The third-order valence-electron chi connectivity index (χ3n) is 4.92. The summed E-state index contributed by atoms with van der Waals surface area (Å²) in [6, 6.07) is 7.71. The lowest BCUT2D eigenvalue weighted by atomic mass is 10.0. The zero-order valence-corrected chi connectivity index (χ0v) is 15.1. The molecule has 1 amide bonds. The predicted molar refractivity (Wildman–Crippen MR) is 99.3 cm³/mol. The molecule has 3 N–H and O–H groups in total. The number of pyridine rings is 1. The Morgan fingerprint density at radius 1 is 1.22 bits per heavy atom. The minimum atomic E-state index is -0.0547. The lowest BCUT2D eigenvalue weighted by molar-refractivity contribution is 0.0696. The number of nitrogens with one attached hydrogen (secondary N) is 1. The normalized spacial score (nSPS) is 15.1. The van der Waals surface area contributed by atoms with E-state index in [0.29, 0.717) is 42.0 Å². The van der Waals surface area contributed by atoms with Gasteiger partial charge in [0.05, 0.1) is 5.69 Å². The van der Waals surface area contributed by atoms with Crippen molar-refractivity contribution >= 4 is 22.8 Å². The fraction of sp³-hybridized carbons (Fsp3) is 0.368. The predicted octanol–water partition coefficient (Wildman–Crippen LogP) is 2.01. The average molecular weight is 367 g/mol. The first-order chi connectivity index (χ1) is 13.1. The molecule has 0 spiro atoms. The number of anilines is 1. The molecule has 3 heterocycles. The van der Waals surface area contributed by atoms with Gasteiger partial charge in [0.15, 0.2) is 5.52 Å². The molecule has 140 valence electrons. The summed E-state index contributed by atoms with van der Waals surface area (Å²) in [7, 11) is 0. The van der Waals surface area contributed by atoms with Gasteiger partial charge in [-0.15, -0.1) is 0 Å². The molecular weight excluding hydrogens is 346 g/mol. The summed E-state index contributed by atoms with van der Waals surface area (Å²) in [6.45, 7) is 3.28. The zero-order valence-electron chi connectivity index (χ0n) is 15.1. The maximum atomic E-state index is 12.4. The van der Waals surface area contributed by atoms with Gasteiger partial charge < -0.3 is 15.8 Å². The van der Waals surface area contributed by atoms with Crippen molar-refractivity contribution in [3.8, 4) is 0 Å². The second-order valence-corrected chi connectivity index (χ2v) is 6.76. The third-order valence-corrected chi connectivity index (χ3v) is 4.92. The van der Waals surface area contributed by atoms with Gasteiger partial charge in [-0.1, -0.05) is 12.1 Å². The first kappa shape index (κ1) is 17.4. The van der Waals surface area contributed by atoms with Crippen molar-refractivity contribution in [1.29, 1.82) is 0 Å². The monoisotopic (exact) mass is 367 g/mol. The van der Waals surface area contributed by atoms with Crippen LogP contribution in [0.1, 0.15) is 40.0 Å². The van der Waals surface area contributed by atoms with Crippen LogP contribution in [0.4, 0.5) is 5.69 Å². The maximum Gasteiger partial charge on any atom is 0.251 e. The van der Waals surface area contributed by atoms with Crippen molar-refractivity contribution in [3.63, 3.8) is 0 Å². The first-order valence-corrected chi connectivity index (χ1v) is 8.96. The first-order valence-electron chi connectivity index (χ1n) is 8.96. The Morgan fingerprint density at radius 3 is 2.70 bits per heavy atom. The standard InChI is InChI=1S/C19H21N5O3/c1-11-15(16(20)17-18(21-11)24-27-23-17)10-12-2-4-13(5-3-12)19(25)22-14-6-8-26-9-7-14/h2-5,14H,6-10,20H2,1H3,(H,22,25). The Morgan fingerprint density at radius 2 is 1.96 bits per heavy atom. The third kappa shape index (κ3) is 3.61. The van der Waals surface area contributed by atoms with E-state index >= 15 is 0 Å². The van der Waals surface area contributed by atoms with Crippen LogP contribution in [0.3, 0.4) is 0 Å². The molecule has 0 atom stereocenters. The minimum Gasteiger partial charge on any atom is -0.396 e. The van der Waals surface area contributed by atoms with E-state index in [1.54, 1.807) is 0 Å². The SMILES string of the molecule is Cc1nc2nonc2c(N)c1Cc1ccc(C(=O)NC2CCOCC2)cc1. The van der Waals surface area contributed by atoms with E-state index in [1.165, 1.54) is 0 Å². The number of aryl methyl sites for hydroxylation is 1. The van der Waals surface area contributed by atoms with Gasteiger partial charge in [-0.3, -0.25) is 4.79 Å². The molecule has 1 aromatic carbocycles. The molecule has 8 heteroatoms. The van der Waals surface area contributed by atoms with Gasteiger partial charge in [0.25, 0.3) is 5.91 Å². The van der Waals surface area contributed by atoms with Crippen molar-refractivity contribution in [2.45, 2.75) is 32.2 Å². The van der Waals surface area contributed by atoms with Gasteiger partial charge in [0.1, 0.15) is 0 Å². The molecule has 0 saturated carbocycles. The van der Waals surface area contributed by atoms with Gasteiger partial charge in [-0.05, 0) is 47.8 Å². The van der Waals surface area contributed by atoms with Crippen LogP contribution in [0.15, 0.2) is 28.9 Å². The quantitative estimate of drug-likeness (QED) is 0.724. The van der Waals surface area contributed by atoms with E-state index in [2.05, 4.69) is 20.6 Å². The summed E-state index contributed by atoms with van der Waals surface area (Å²) in [5.41, 5.74) is 11.0. The van der Waals surface area contributed by atoms with Crippen molar-refractivity contribution in [2.24, 2.45) is 0 Å². The number of amides is 1. The fourth-order valence-electron chi connectivity index (χ4n) is 3.30. The summed E-state index contributed by atoms with van der Waals surface area (Å²) >= 11 is 0. The molecule has 0 unspecified atom stereocenters. The molecule has 0 aliphatic carbocycles. The van der Waals surface area contributed by atoms with E-state index in [1.807, 2.05) is 31.2 Å². The second kappa shape index (κ2) is 7.32. The summed E-state index contributed by atoms with van der Waals surface area (Å²) in [5, 5.41) is 10.6. The fourth-order valence-corrected chi connectivity index (χ4v) is 3.30. The average Bonchev–Trinajstić information content (AvgIpc) is 3.15. The molecule has 1 aliphatic rings. The van der Waals surface area contributed by atoms with Crippen LogP contribution in [-0.2, 0) is 11.2 Å². The Kier molecular flexibility index (Phi) is 4.72. The number of rotatable bonds is 4. The summed E-state index contributed by atoms with van der Waals surface area (Å²) in [5.74, 6) is -0.0547. The van der Waals surface area contributed by atoms with Gasteiger partial charge in [0, 0.05) is 42.5 Å². The maximum absolute atomic E-state index is 12.4. The van der Waals surface area contributed by atoms with Gasteiger partial charge in [-0.2, -0.15) is 0 Å². The molecule has 1 saturated heterocycles. The highest BCUT2D eigenvalue weighted by Crippen LogP contribution is 2.25. The number of carbonyl (C=O) groups excluding carboxylic acids is 1. The topological polar surface area (TPSA) is 116 Å². The van der Waals surface area contributed by atoms with Crippen LogP contribution in [0, 0.1) is 6.92 Å². The molecule has 3 aromatic rings. The Labute approximate surface area is 156 Å². The Bertz CT molecular complexity index is 961. The van der Waals surface area contributed by atoms with E-state index in [4.69, 9.17) is 15.1 Å². The Hall–Kier alpha value is -3.00. The number of nitrogen functional groups attached to an aromatic ring is 1. The van der Waals surface area contributed by atoms with Crippen molar-refractivity contribution in [1.82, 2.24) is 20.6 Å². The van der Waals surface area contributed by atoms with E-state index in [9.17, 15) is 4.79 Å². The molecular formula is C19H21N5O3. The molecule has 1 fully saturated rings. The molecule has 8 nitrogen and oxygen atoms in total. The van der Waals surface area contributed by atoms with E-state index < -0.39 is 0 Å². The minimum absolute atomic E-state index is 0.0547. The number of nitrogens with zero attached hydrogens (tertiary/aromatic N) is 3. The van der Waals surface area contributed by atoms with Crippen molar-refractivity contribution in [3.05, 3.63) is 46.6 Å². The molecule has 27 heavy (non-hydrogen) atoms. The number of fused-ring (bicyclic) bond motifs is 1.